The Morgan fingerprint density at radius 1 is 1.18 bits per heavy atom. The Labute approximate surface area is 165 Å². The average Bonchev–Trinajstić information content (AvgIpc) is 3.44. The van der Waals surface area contributed by atoms with Crippen LogP contribution in [0.25, 0.3) is 0 Å². The molecule has 3 aliphatic rings. The van der Waals surface area contributed by atoms with Crippen molar-refractivity contribution in [2.45, 2.75) is 50.2 Å². The molecule has 2 aromatic rings. The molecule has 148 valence electrons. The van der Waals surface area contributed by atoms with E-state index in [1.165, 1.54) is 30.4 Å². The van der Waals surface area contributed by atoms with Gasteiger partial charge in [-0.1, -0.05) is 24.3 Å². The fourth-order valence-corrected chi connectivity index (χ4v) is 5.59. The molecule has 6 heteroatoms. The number of hydrogen-bond acceptors (Lipinski definition) is 5. The summed E-state index contributed by atoms with van der Waals surface area (Å²) in [4.78, 5) is 21.2. The van der Waals surface area contributed by atoms with Crippen molar-refractivity contribution in [3.05, 3.63) is 53.2 Å². The highest BCUT2D eigenvalue weighted by Crippen LogP contribution is 2.53. The Morgan fingerprint density at radius 2 is 1.89 bits per heavy atom. The van der Waals surface area contributed by atoms with Crippen LogP contribution >= 0.6 is 0 Å². The molecule has 3 heterocycles. The minimum Gasteiger partial charge on any atom is -0.448 e. The van der Waals surface area contributed by atoms with Crippen LogP contribution in [0.5, 0.6) is 0 Å². The van der Waals surface area contributed by atoms with E-state index in [9.17, 15) is 9.90 Å². The number of fused-ring (bicyclic) bond motifs is 2. The summed E-state index contributed by atoms with van der Waals surface area (Å²) in [6.07, 6.45) is 4.87. The number of aryl methyl sites for hydroxylation is 1. The highest BCUT2D eigenvalue weighted by molar-refractivity contribution is 5.93. The highest BCUT2D eigenvalue weighted by Gasteiger charge is 2.54. The topological polar surface area (TPSA) is 69.8 Å². The van der Waals surface area contributed by atoms with E-state index in [2.05, 4.69) is 34.1 Å². The third-order valence-corrected chi connectivity index (χ3v) is 7.11. The second kappa shape index (κ2) is 6.71. The molecule has 5 rings (SSSR count). The second-order valence-corrected chi connectivity index (χ2v) is 8.43. The largest absolute Gasteiger partial charge is 0.448 e. The van der Waals surface area contributed by atoms with Gasteiger partial charge in [-0.05, 0) is 56.8 Å². The first-order chi connectivity index (χ1) is 13.6. The molecule has 2 fully saturated rings. The molecule has 0 saturated carbocycles. The lowest BCUT2D eigenvalue weighted by Gasteiger charge is -2.43. The van der Waals surface area contributed by atoms with Crippen molar-refractivity contribution in [3.63, 3.8) is 0 Å². The van der Waals surface area contributed by atoms with Crippen LogP contribution in [-0.2, 0) is 5.41 Å². The summed E-state index contributed by atoms with van der Waals surface area (Å²) < 4.78 is 5.20. The molecule has 1 N–H and O–H groups in total. The van der Waals surface area contributed by atoms with Crippen LogP contribution < -0.4 is 0 Å². The standard InChI is InChI=1S/C22H27N3O3/c1-15-18(23-14-28-15)21(27)25-12-8-22(9-13-25)17-7-3-2-6-16(17)19(20(22)26)24-10-4-5-11-24/h2-3,6-7,14,19-20,26H,4-5,8-13H2,1H3/t19-,20+/m1/s1. The monoisotopic (exact) mass is 381 g/mol. The van der Waals surface area contributed by atoms with Crippen molar-refractivity contribution in [1.29, 1.82) is 0 Å². The molecule has 6 nitrogen and oxygen atoms in total. The summed E-state index contributed by atoms with van der Waals surface area (Å²) in [5.41, 5.74) is 2.70. The van der Waals surface area contributed by atoms with Crippen LogP contribution in [0.2, 0.25) is 0 Å². The van der Waals surface area contributed by atoms with Crippen molar-refractivity contribution in [2.75, 3.05) is 26.2 Å². The van der Waals surface area contributed by atoms with E-state index in [4.69, 9.17) is 4.42 Å². The zero-order valence-electron chi connectivity index (χ0n) is 16.3. The molecule has 0 radical (unpaired) electrons. The third kappa shape index (κ3) is 2.54. The molecule has 2 atom stereocenters. The number of aliphatic hydroxyl groups is 1. The third-order valence-electron chi connectivity index (χ3n) is 7.11. The molecule has 1 aliphatic carbocycles. The summed E-state index contributed by atoms with van der Waals surface area (Å²) in [6, 6.07) is 8.62. The fraction of sp³-hybridized carbons (Fsp3) is 0.545. The first-order valence-electron chi connectivity index (χ1n) is 10.3. The quantitative estimate of drug-likeness (QED) is 0.866. The molecule has 1 amide bonds. The number of aliphatic hydroxyl groups excluding tert-OH is 1. The maximum absolute atomic E-state index is 12.8. The van der Waals surface area contributed by atoms with Crippen LogP contribution in [0.3, 0.4) is 0 Å². The number of carbonyl (C=O) groups is 1. The molecule has 1 spiro atoms. The van der Waals surface area contributed by atoms with Gasteiger partial charge in [-0.2, -0.15) is 0 Å². The molecule has 2 saturated heterocycles. The number of oxazole rings is 1. The van der Waals surface area contributed by atoms with Crippen molar-refractivity contribution in [2.24, 2.45) is 0 Å². The van der Waals surface area contributed by atoms with Gasteiger partial charge in [0, 0.05) is 18.5 Å². The van der Waals surface area contributed by atoms with Gasteiger partial charge in [0.05, 0.1) is 12.1 Å². The van der Waals surface area contributed by atoms with E-state index in [-0.39, 0.29) is 17.4 Å². The number of hydrogen-bond donors (Lipinski definition) is 1. The number of carbonyl (C=O) groups excluding carboxylic acids is 1. The number of nitrogens with zero attached hydrogens (tertiary/aromatic N) is 3. The van der Waals surface area contributed by atoms with Gasteiger partial charge in [0.15, 0.2) is 12.1 Å². The molecule has 1 aromatic carbocycles. The van der Waals surface area contributed by atoms with E-state index in [0.29, 0.717) is 24.5 Å². The number of aromatic nitrogens is 1. The number of benzene rings is 1. The second-order valence-electron chi connectivity index (χ2n) is 8.43. The first kappa shape index (κ1) is 17.9. The number of piperidine rings is 1. The van der Waals surface area contributed by atoms with Crippen LogP contribution in [0.1, 0.15) is 59.1 Å². The summed E-state index contributed by atoms with van der Waals surface area (Å²) in [5, 5.41) is 11.5. The first-order valence-corrected chi connectivity index (χ1v) is 10.3. The van der Waals surface area contributed by atoms with Gasteiger partial charge in [0.1, 0.15) is 5.76 Å². The Bertz CT molecular complexity index is 879. The normalized spacial score (nSPS) is 26.7. The lowest BCUT2D eigenvalue weighted by Crippen LogP contribution is -2.51. The van der Waals surface area contributed by atoms with E-state index in [1.54, 1.807) is 6.92 Å². The summed E-state index contributed by atoms with van der Waals surface area (Å²) >= 11 is 0. The van der Waals surface area contributed by atoms with E-state index in [1.807, 2.05) is 4.90 Å². The van der Waals surface area contributed by atoms with Crippen molar-refractivity contribution in [3.8, 4) is 0 Å². The summed E-state index contributed by atoms with van der Waals surface area (Å²) in [7, 11) is 0. The van der Waals surface area contributed by atoms with E-state index >= 15 is 0 Å². The predicted octanol–water partition coefficient (Wildman–Crippen LogP) is 2.67. The smallest absolute Gasteiger partial charge is 0.276 e. The van der Waals surface area contributed by atoms with Gasteiger partial charge in [-0.25, -0.2) is 4.98 Å². The predicted molar refractivity (Wildman–Crippen MR) is 104 cm³/mol. The fourth-order valence-electron chi connectivity index (χ4n) is 5.59. The van der Waals surface area contributed by atoms with Gasteiger partial charge in [0.2, 0.25) is 0 Å². The van der Waals surface area contributed by atoms with E-state index in [0.717, 1.165) is 25.9 Å². The zero-order chi connectivity index (χ0) is 19.3. The maximum Gasteiger partial charge on any atom is 0.276 e. The van der Waals surface area contributed by atoms with Crippen LogP contribution in [0, 0.1) is 6.92 Å². The minimum atomic E-state index is -0.422. The van der Waals surface area contributed by atoms with Crippen molar-refractivity contribution >= 4 is 5.91 Å². The number of amides is 1. The van der Waals surface area contributed by atoms with Gasteiger partial charge in [-0.3, -0.25) is 9.69 Å². The van der Waals surface area contributed by atoms with Gasteiger partial charge in [-0.15, -0.1) is 0 Å². The van der Waals surface area contributed by atoms with Crippen molar-refractivity contribution in [1.82, 2.24) is 14.8 Å². The Hall–Kier alpha value is -2.18. The lowest BCUT2D eigenvalue weighted by molar-refractivity contribution is -0.00785. The zero-order valence-corrected chi connectivity index (χ0v) is 16.3. The molecule has 0 bridgehead atoms. The Balaban J connectivity index is 1.42. The summed E-state index contributed by atoms with van der Waals surface area (Å²) in [6.45, 7) is 5.14. The minimum absolute atomic E-state index is 0.0713. The maximum atomic E-state index is 12.8. The summed E-state index contributed by atoms with van der Waals surface area (Å²) in [5.74, 6) is 0.489. The van der Waals surface area contributed by atoms with Crippen molar-refractivity contribution < 1.29 is 14.3 Å². The lowest BCUT2D eigenvalue weighted by atomic mass is 9.72. The Kier molecular flexibility index (Phi) is 4.29. The van der Waals surface area contributed by atoms with E-state index < -0.39 is 6.10 Å². The van der Waals surface area contributed by atoms with Gasteiger partial charge < -0.3 is 14.4 Å². The number of likely N-dealkylation sites (tertiary alicyclic amines) is 2. The molecular weight excluding hydrogens is 354 g/mol. The average molecular weight is 381 g/mol. The van der Waals surface area contributed by atoms with Crippen LogP contribution in [-0.4, -0.2) is 58.1 Å². The number of rotatable bonds is 2. The molecule has 0 unspecified atom stereocenters. The highest BCUT2D eigenvalue weighted by atomic mass is 16.3. The molecule has 28 heavy (non-hydrogen) atoms. The molecular formula is C22H27N3O3. The SMILES string of the molecule is Cc1ocnc1C(=O)N1CCC2(CC1)c1ccccc1[C@@H](N1CCCC1)[C@@H]2O. The van der Waals surface area contributed by atoms with Crippen LogP contribution in [0.4, 0.5) is 0 Å². The Morgan fingerprint density at radius 3 is 2.57 bits per heavy atom. The van der Waals surface area contributed by atoms with Crippen LogP contribution in [0.15, 0.2) is 35.1 Å². The molecule has 1 aromatic heterocycles. The van der Waals surface area contributed by atoms with Gasteiger partial charge in [0.25, 0.3) is 5.91 Å². The molecule has 2 aliphatic heterocycles. The van der Waals surface area contributed by atoms with Gasteiger partial charge >= 0.3 is 0 Å².